The van der Waals surface area contributed by atoms with Crippen LogP contribution < -0.4 is 10.0 Å². The van der Waals surface area contributed by atoms with E-state index in [1.807, 2.05) is 11.6 Å². The molecule has 0 aliphatic heterocycles. The Kier molecular flexibility index (Phi) is 10.4. The van der Waals surface area contributed by atoms with E-state index >= 15 is 0 Å². The van der Waals surface area contributed by atoms with Crippen LogP contribution in [-0.4, -0.2) is 45.2 Å². The number of thioether (sulfide) groups is 1. The number of hydrogen-bond acceptors (Lipinski definition) is 6. The van der Waals surface area contributed by atoms with Crippen molar-refractivity contribution in [3.05, 3.63) is 24.3 Å². The fourth-order valence-electron chi connectivity index (χ4n) is 2.20. The normalized spacial score (nSPS) is 12.4. The Labute approximate surface area is 165 Å². The number of sulfonamides is 1. The third kappa shape index (κ3) is 9.25. The summed E-state index contributed by atoms with van der Waals surface area (Å²) in [5.74, 6) is -0.513. The molecular formula is C18H28N2O5S2. The van der Waals surface area contributed by atoms with Crippen LogP contribution in [0.1, 0.15) is 40.0 Å². The number of rotatable bonds is 12. The maximum absolute atomic E-state index is 12.1. The second kappa shape index (κ2) is 12.0. The molecule has 1 unspecified atom stereocenters. The van der Waals surface area contributed by atoms with Crippen LogP contribution in [-0.2, 0) is 24.3 Å². The molecular weight excluding hydrogens is 388 g/mol. The van der Waals surface area contributed by atoms with Crippen molar-refractivity contribution in [1.82, 2.24) is 10.0 Å². The molecule has 0 fully saturated rings. The van der Waals surface area contributed by atoms with Crippen LogP contribution in [0.25, 0.3) is 0 Å². The second-order valence-corrected chi connectivity index (χ2v) is 8.77. The highest BCUT2D eigenvalue weighted by Crippen LogP contribution is 2.20. The van der Waals surface area contributed by atoms with Crippen LogP contribution in [0.4, 0.5) is 0 Å². The van der Waals surface area contributed by atoms with Gasteiger partial charge in [0, 0.05) is 17.5 Å². The average Bonchev–Trinajstić information content (AvgIpc) is 2.63. The number of carbonyl (C=O) groups excluding carboxylic acids is 2. The van der Waals surface area contributed by atoms with Crippen molar-refractivity contribution in [3.8, 4) is 0 Å². The zero-order valence-corrected chi connectivity index (χ0v) is 17.6. The molecule has 27 heavy (non-hydrogen) atoms. The van der Waals surface area contributed by atoms with E-state index in [1.165, 1.54) is 23.9 Å². The molecule has 1 aromatic rings. The lowest BCUT2D eigenvalue weighted by Gasteiger charge is -2.13. The van der Waals surface area contributed by atoms with E-state index in [-0.39, 0.29) is 29.2 Å². The molecule has 0 spiro atoms. The second-order valence-electron chi connectivity index (χ2n) is 6.04. The van der Waals surface area contributed by atoms with Gasteiger partial charge in [0.1, 0.15) is 6.61 Å². The molecule has 0 saturated heterocycles. The van der Waals surface area contributed by atoms with Gasteiger partial charge in [0.2, 0.25) is 5.91 Å². The van der Waals surface area contributed by atoms with Gasteiger partial charge >= 0.3 is 0 Å². The summed E-state index contributed by atoms with van der Waals surface area (Å²) in [6.45, 7) is 5.82. The predicted octanol–water partition coefficient (Wildman–Crippen LogP) is 2.31. The number of amides is 2. The lowest BCUT2D eigenvalue weighted by molar-refractivity contribution is -0.123. The van der Waals surface area contributed by atoms with Crippen LogP contribution in [0.2, 0.25) is 0 Å². The van der Waals surface area contributed by atoms with Crippen LogP contribution >= 0.6 is 11.8 Å². The molecule has 0 aliphatic carbocycles. The van der Waals surface area contributed by atoms with Gasteiger partial charge in [-0.3, -0.25) is 9.59 Å². The van der Waals surface area contributed by atoms with E-state index < -0.39 is 15.9 Å². The van der Waals surface area contributed by atoms with Gasteiger partial charge < -0.3 is 10.1 Å². The summed E-state index contributed by atoms with van der Waals surface area (Å²) < 4.78 is 31.1. The monoisotopic (exact) mass is 416 g/mol. The third-order valence-electron chi connectivity index (χ3n) is 3.59. The highest BCUT2D eigenvalue weighted by molar-refractivity contribution is 8.00. The number of carbonyl (C=O) groups is 2. The summed E-state index contributed by atoms with van der Waals surface area (Å²) >= 11 is 1.32. The van der Waals surface area contributed by atoms with E-state index in [1.54, 1.807) is 19.1 Å². The van der Waals surface area contributed by atoms with E-state index in [0.717, 1.165) is 24.2 Å². The van der Waals surface area contributed by atoms with Gasteiger partial charge in [-0.15, -0.1) is 11.8 Å². The first-order valence-corrected chi connectivity index (χ1v) is 11.4. The number of unbranched alkanes of at least 4 members (excludes halogenated alkanes) is 1. The Morgan fingerprint density at radius 2 is 1.81 bits per heavy atom. The summed E-state index contributed by atoms with van der Waals surface area (Å²) in [4.78, 5) is 24.2. The SMILES string of the molecule is CCCCC(C)NC(=O)CSc1ccc(S(=O)(=O)NC(=O)COCC)cc1. The minimum atomic E-state index is -3.93. The molecule has 0 aromatic heterocycles. The molecule has 2 amide bonds. The molecule has 1 rings (SSSR count). The number of ether oxygens (including phenoxy) is 1. The fraction of sp³-hybridized carbons (Fsp3) is 0.556. The smallest absolute Gasteiger partial charge is 0.264 e. The van der Waals surface area contributed by atoms with Crippen molar-refractivity contribution in [1.29, 1.82) is 0 Å². The van der Waals surface area contributed by atoms with Crippen molar-refractivity contribution in [3.63, 3.8) is 0 Å². The quantitative estimate of drug-likeness (QED) is 0.507. The van der Waals surface area contributed by atoms with Gasteiger partial charge in [-0.25, -0.2) is 13.1 Å². The molecule has 0 heterocycles. The lowest BCUT2D eigenvalue weighted by atomic mass is 10.1. The number of nitrogens with one attached hydrogen (secondary N) is 2. The van der Waals surface area contributed by atoms with Gasteiger partial charge in [-0.1, -0.05) is 19.8 Å². The van der Waals surface area contributed by atoms with E-state index in [2.05, 4.69) is 12.2 Å². The molecule has 7 nitrogen and oxygen atoms in total. The Morgan fingerprint density at radius 3 is 2.41 bits per heavy atom. The molecule has 0 saturated carbocycles. The molecule has 152 valence electrons. The molecule has 9 heteroatoms. The maximum atomic E-state index is 12.1. The molecule has 0 radical (unpaired) electrons. The topological polar surface area (TPSA) is 102 Å². The molecule has 2 N–H and O–H groups in total. The van der Waals surface area contributed by atoms with Gasteiger partial charge in [-0.05, 0) is 44.5 Å². The number of hydrogen-bond donors (Lipinski definition) is 2. The predicted molar refractivity (Wildman–Crippen MR) is 106 cm³/mol. The summed E-state index contributed by atoms with van der Waals surface area (Å²) in [6, 6.07) is 6.17. The first-order chi connectivity index (χ1) is 12.8. The lowest BCUT2D eigenvalue weighted by Crippen LogP contribution is -2.33. The molecule has 0 aliphatic rings. The molecule has 1 aromatic carbocycles. The minimum Gasteiger partial charge on any atom is -0.372 e. The standard InChI is InChI=1S/C18H28N2O5S2/c1-4-6-7-14(3)19-18(22)13-26-15-8-10-16(11-9-15)27(23,24)20-17(21)12-25-5-2/h8-11,14H,4-7,12-13H2,1-3H3,(H,19,22)(H,20,21). The Hall–Kier alpha value is -1.58. The fourth-order valence-corrected chi connectivity index (χ4v) is 3.88. The maximum Gasteiger partial charge on any atom is 0.264 e. The highest BCUT2D eigenvalue weighted by Gasteiger charge is 2.17. The molecule has 1 atom stereocenters. The largest absolute Gasteiger partial charge is 0.372 e. The summed E-state index contributed by atoms with van der Waals surface area (Å²) in [6.07, 6.45) is 3.12. The van der Waals surface area contributed by atoms with Crippen molar-refractivity contribution < 1.29 is 22.7 Å². The van der Waals surface area contributed by atoms with Crippen LogP contribution in [0.5, 0.6) is 0 Å². The molecule has 0 bridgehead atoms. The van der Waals surface area contributed by atoms with Gasteiger partial charge in [-0.2, -0.15) is 0 Å². The zero-order chi connectivity index (χ0) is 20.3. The van der Waals surface area contributed by atoms with Gasteiger partial charge in [0.15, 0.2) is 0 Å². The minimum absolute atomic E-state index is 0.0191. The number of benzene rings is 1. The highest BCUT2D eigenvalue weighted by atomic mass is 32.2. The van der Waals surface area contributed by atoms with Gasteiger partial charge in [0.05, 0.1) is 10.6 Å². The van der Waals surface area contributed by atoms with Crippen LogP contribution in [0.15, 0.2) is 34.1 Å². The third-order valence-corrected chi connectivity index (χ3v) is 5.99. The van der Waals surface area contributed by atoms with E-state index in [0.29, 0.717) is 6.61 Å². The van der Waals surface area contributed by atoms with Crippen LogP contribution in [0.3, 0.4) is 0 Å². The van der Waals surface area contributed by atoms with E-state index in [9.17, 15) is 18.0 Å². The zero-order valence-electron chi connectivity index (χ0n) is 16.0. The van der Waals surface area contributed by atoms with Gasteiger partial charge in [0.25, 0.3) is 15.9 Å². The Balaban J connectivity index is 2.53. The summed E-state index contributed by atoms with van der Waals surface area (Å²) in [5, 5.41) is 2.94. The first kappa shape index (κ1) is 23.5. The van der Waals surface area contributed by atoms with Crippen molar-refractivity contribution in [2.45, 2.75) is 55.9 Å². The van der Waals surface area contributed by atoms with Crippen LogP contribution in [0, 0.1) is 0 Å². The Bertz CT molecular complexity index is 705. The summed E-state index contributed by atoms with van der Waals surface area (Å²) in [5.41, 5.74) is 0. The van der Waals surface area contributed by atoms with E-state index in [4.69, 9.17) is 4.74 Å². The first-order valence-electron chi connectivity index (χ1n) is 8.94. The average molecular weight is 417 g/mol. The Morgan fingerprint density at radius 1 is 1.15 bits per heavy atom. The summed E-state index contributed by atoms with van der Waals surface area (Å²) in [7, 11) is -3.93. The van der Waals surface area contributed by atoms with Crippen molar-refractivity contribution in [2.24, 2.45) is 0 Å². The van der Waals surface area contributed by atoms with Crippen molar-refractivity contribution in [2.75, 3.05) is 19.0 Å². The van der Waals surface area contributed by atoms with Crippen molar-refractivity contribution >= 4 is 33.6 Å².